The minimum atomic E-state index is -4.96. The van der Waals surface area contributed by atoms with E-state index < -0.39 is 23.5 Å². The zero-order valence-electron chi connectivity index (χ0n) is 17.0. The Hall–Kier alpha value is -3.01. The molecule has 4 rings (SSSR count). The minimum Gasteiger partial charge on any atom is -0.352 e. The molecule has 0 fully saturated rings. The Kier molecular flexibility index (Phi) is 5.44. The first kappa shape index (κ1) is 22.2. The summed E-state index contributed by atoms with van der Waals surface area (Å²) in [6, 6.07) is 8.07. The lowest BCUT2D eigenvalue weighted by atomic mass is 9.97. The molecule has 0 saturated carbocycles. The summed E-state index contributed by atoms with van der Waals surface area (Å²) in [4.78, 5) is 7.35. The predicted molar refractivity (Wildman–Crippen MR) is 110 cm³/mol. The molecule has 0 atom stereocenters. The molecule has 0 amide bonds. The Morgan fingerprint density at radius 1 is 1.00 bits per heavy atom. The van der Waals surface area contributed by atoms with Gasteiger partial charge in [0.15, 0.2) is 5.82 Å². The number of unbranched alkanes of at least 4 members (excludes halogenated alkanes) is 1. The molecule has 4 nitrogen and oxygen atoms in total. The van der Waals surface area contributed by atoms with Gasteiger partial charge in [0.2, 0.25) is 0 Å². The van der Waals surface area contributed by atoms with Gasteiger partial charge in [-0.3, -0.25) is 0 Å². The molecular weight excluding hydrogens is 434 g/mol. The summed E-state index contributed by atoms with van der Waals surface area (Å²) in [6.45, 7) is 0.355. The number of nitrogens with one attached hydrogen (secondary N) is 1. The molecular formula is C22H20F6N4. The van der Waals surface area contributed by atoms with Gasteiger partial charge in [0.05, 0.1) is 27.9 Å². The third kappa shape index (κ3) is 3.83. The van der Waals surface area contributed by atoms with Gasteiger partial charge in [-0.2, -0.15) is 26.3 Å². The summed E-state index contributed by atoms with van der Waals surface area (Å²) in [5.74, 6) is 0.354. The molecule has 170 valence electrons. The van der Waals surface area contributed by atoms with Crippen LogP contribution in [0.1, 0.15) is 29.5 Å². The van der Waals surface area contributed by atoms with Gasteiger partial charge < -0.3 is 15.3 Å². The molecule has 0 aliphatic heterocycles. The van der Waals surface area contributed by atoms with Crippen LogP contribution < -0.4 is 5.73 Å². The first-order valence-electron chi connectivity index (χ1n) is 9.97. The summed E-state index contributed by atoms with van der Waals surface area (Å²) < 4.78 is 83.4. The Morgan fingerprint density at radius 3 is 2.34 bits per heavy atom. The van der Waals surface area contributed by atoms with Gasteiger partial charge in [0, 0.05) is 18.0 Å². The van der Waals surface area contributed by atoms with Crippen LogP contribution in [0.25, 0.3) is 33.5 Å². The maximum atomic E-state index is 13.9. The van der Waals surface area contributed by atoms with E-state index in [1.165, 1.54) is 0 Å². The highest BCUT2D eigenvalue weighted by Crippen LogP contribution is 2.44. The van der Waals surface area contributed by atoms with Crippen molar-refractivity contribution in [2.24, 2.45) is 12.8 Å². The molecule has 0 radical (unpaired) electrons. The van der Waals surface area contributed by atoms with E-state index in [4.69, 9.17) is 5.73 Å². The van der Waals surface area contributed by atoms with Crippen LogP contribution >= 0.6 is 0 Å². The fourth-order valence-corrected chi connectivity index (χ4v) is 4.04. The van der Waals surface area contributed by atoms with E-state index in [1.54, 1.807) is 29.8 Å². The second kappa shape index (κ2) is 7.84. The lowest BCUT2D eigenvalue weighted by molar-refractivity contribution is -0.142. The maximum absolute atomic E-state index is 13.9. The Morgan fingerprint density at radius 2 is 1.72 bits per heavy atom. The third-order valence-corrected chi connectivity index (χ3v) is 5.53. The maximum Gasteiger partial charge on any atom is 0.417 e. The molecule has 2 heterocycles. The zero-order chi connectivity index (χ0) is 23.3. The van der Waals surface area contributed by atoms with Crippen molar-refractivity contribution in [2.75, 3.05) is 6.54 Å². The second-order valence-corrected chi connectivity index (χ2v) is 7.65. The molecule has 0 aliphatic rings. The number of halogens is 6. The quantitative estimate of drug-likeness (QED) is 0.285. The van der Waals surface area contributed by atoms with E-state index in [2.05, 4.69) is 9.97 Å². The number of alkyl halides is 6. The smallest absolute Gasteiger partial charge is 0.352 e. The standard InChI is InChI=1S/C22H20F6N4/c1-32-17-8-3-2-7-15(17)31-20(32)19-13(6-4-5-9-29)18-14(22(26,27)28)10-12(21(23,24)25)11-16(18)30-19/h2-3,7-8,10-11,30H,4-6,9,29H2,1H3. The molecule has 0 saturated heterocycles. The van der Waals surface area contributed by atoms with Crippen LogP contribution in [0.4, 0.5) is 26.3 Å². The van der Waals surface area contributed by atoms with Crippen molar-refractivity contribution in [1.82, 2.24) is 14.5 Å². The molecule has 0 spiro atoms. The summed E-state index contributed by atoms with van der Waals surface area (Å²) in [6.07, 6.45) is -8.62. The average Bonchev–Trinajstić information content (AvgIpc) is 3.24. The normalized spacial score (nSPS) is 12.9. The number of benzene rings is 2. The van der Waals surface area contributed by atoms with Gasteiger partial charge in [0.25, 0.3) is 0 Å². The fraction of sp³-hybridized carbons (Fsp3) is 0.318. The van der Waals surface area contributed by atoms with Crippen LogP contribution in [0.3, 0.4) is 0 Å². The van der Waals surface area contributed by atoms with Crippen LogP contribution in [0.5, 0.6) is 0 Å². The van der Waals surface area contributed by atoms with Crippen molar-refractivity contribution in [3.63, 3.8) is 0 Å². The van der Waals surface area contributed by atoms with E-state index >= 15 is 0 Å². The summed E-state index contributed by atoms with van der Waals surface area (Å²) >= 11 is 0. The van der Waals surface area contributed by atoms with Crippen molar-refractivity contribution in [2.45, 2.75) is 31.6 Å². The average molecular weight is 454 g/mol. The van der Waals surface area contributed by atoms with Crippen LogP contribution in [0.15, 0.2) is 36.4 Å². The Bertz CT molecular complexity index is 1280. The summed E-state index contributed by atoms with van der Waals surface area (Å²) in [5.41, 5.74) is 4.59. The van der Waals surface area contributed by atoms with Crippen LogP contribution in [-0.2, 0) is 25.8 Å². The van der Waals surface area contributed by atoms with Crippen molar-refractivity contribution in [3.8, 4) is 11.5 Å². The topological polar surface area (TPSA) is 59.6 Å². The summed E-state index contributed by atoms with van der Waals surface area (Å²) in [7, 11) is 1.71. The van der Waals surface area contributed by atoms with Crippen LogP contribution in [0.2, 0.25) is 0 Å². The van der Waals surface area contributed by atoms with Crippen molar-refractivity contribution in [3.05, 3.63) is 53.1 Å². The monoisotopic (exact) mass is 454 g/mol. The lowest BCUT2D eigenvalue weighted by Gasteiger charge is -2.14. The first-order valence-corrected chi connectivity index (χ1v) is 9.97. The zero-order valence-corrected chi connectivity index (χ0v) is 17.0. The highest BCUT2D eigenvalue weighted by molar-refractivity contribution is 5.94. The first-order chi connectivity index (χ1) is 15.0. The van der Waals surface area contributed by atoms with Gasteiger partial charge >= 0.3 is 12.4 Å². The lowest BCUT2D eigenvalue weighted by Crippen LogP contribution is -2.11. The highest BCUT2D eigenvalue weighted by Gasteiger charge is 2.39. The number of aryl methyl sites for hydroxylation is 2. The van der Waals surface area contributed by atoms with Gasteiger partial charge in [-0.25, -0.2) is 4.98 Å². The molecule has 2 aromatic heterocycles. The number of rotatable bonds is 5. The SMILES string of the molecule is Cn1c(-c2[nH]c3cc(C(F)(F)F)cc(C(F)(F)F)c3c2CCCCN)nc2ccccc21. The van der Waals surface area contributed by atoms with Crippen molar-refractivity contribution in [1.29, 1.82) is 0 Å². The van der Waals surface area contributed by atoms with Crippen molar-refractivity contribution < 1.29 is 26.3 Å². The second-order valence-electron chi connectivity index (χ2n) is 7.65. The Labute approximate surface area is 179 Å². The molecule has 3 N–H and O–H groups in total. The third-order valence-electron chi connectivity index (χ3n) is 5.53. The highest BCUT2D eigenvalue weighted by atomic mass is 19.4. The molecule has 32 heavy (non-hydrogen) atoms. The largest absolute Gasteiger partial charge is 0.417 e. The minimum absolute atomic E-state index is 0.182. The predicted octanol–water partition coefficient (Wildman–Crippen LogP) is 6.04. The van der Waals surface area contributed by atoms with Crippen LogP contribution in [0, 0.1) is 0 Å². The number of imidazole rings is 1. The molecule has 0 bridgehead atoms. The molecule has 0 unspecified atom stereocenters. The van der Waals surface area contributed by atoms with Gasteiger partial charge in [0.1, 0.15) is 0 Å². The molecule has 10 heteroatoms. The summed E-state index contributed by atoms with van der Waals surface area (Å²) in [5, 5.41) is -0.260. The van der Waals surface area contributed by atoms with Crippen LogP contribution in [-0.4, -0.2) is 21.1 Å². The van der Waals surface area contributed by atoms with E-state index in [0.29, 0.717) is 30.7 Å². The molecule has 2 aromatic carbocycles. The van der Waals surface area contributed by atoms with Gasteiger partial charge in [-0.1, -0.05) is 12.1 Å². The van der Waals surface area contributed by atoms with E-state index in [9.17, 15) is 26.3 Å². The Balaban J connectivity index is 2.05. The number of hydrogen-bond donors (Lipinski definition) is 2. The number of para-hydroxylation sites is 2. The number of hydrogen-bond acceptors (Lipinski definition) is 2. The van der Waals surface area contributed by atoms with E-state index in [-0.39, 0.29) is 34.6 Å². The van der Waals surface area contributed by atoms with Crippen molar-refractivity contribution >= 4 is 21.9 Å². The van der Waals surface area contributed by atoms with Gasteiger partial charge in [-0.15, -0.1) is 0 Å². The van der Waals surface area contributed by atoms with E-state index in [0.717, 1.165) is 11.6 Å². The molecule has 4 aromatic rings. The number of aromatic amines is 1. The fourth-order valence-electron chi connectivity index (χ4n) is 4.04. The number of fused-ring (bicyclic) bond motifs is 2. The number of nitrogens with two attached hydrogens (primary N) is 1. The number of nitrogens with zero attached hydrogens (tertiary/aromatic N) is 2. The number of H-pyrrole nitrogens is 1. The molecule has 0 aliphatic carbocycles. The number of aromatic nitrogens is 3. The van der Waals surface area contributed by atoms with Gasteiger partial charge in [-0.05, 0) is 55.6 Å². The van der Waals surface area contributed by atoms with E-state index in [1.807, 2.05) is 6.07 Å².